The Morgan fingerprint density at radius 2 is 2.00 bits per heavy atom. The minimum atomic E-state index is -0.363. The second-order valence-electron chi connectivity index (χ2n) is 5.52. The van der Waals surface area contributed by atoms with Gasteiger partial charge in [-0.2, -0.15) is 0 Å². The Morgan fingerprint density at radius 1 is 1.24 bits per heavy atom. The summed E-state index contributed by atoms with van der Waals surface area (Å²) < 4.78 is 0. The first-order valence-electron chi connectivity index (χ1n) is 6.90. The highest BCUT2D eigenvalue weighted by Gasteiger charge is 2.32. The molecule has 0 spiro atoms. The van der Waals surface area contributed by atoms with Crippen molar-refractivity contribution in [3.63, 3.8) is 0 Å². The smallest absolute Gasteiger partial charge is 0.237 e. The molecule has 1 heterocycles. The topological polar surface area (TPSA) is 61.4 Å². The summed E-state index contributed by atoms with van der Waals surface area (Å²) in [5, 5.41) is 16.2. The Bertz CT molecular complexity index is 270. The number of carbonyl (C=O) groups excluding carboxylic acids is 1. The van der Waals surface area contributed by atoms with Crippen LogP contribution >= 0.6 is 0 Å². The molecule has 17 heavy (non-hydrogen) atoms. The summed E-state index contributed by atoms with van der Waals surface area (Å²) >= 11 is 0. The maximum atomic E-state index is 12.1. The highest BCUT2D eigenvalue weighted by molar-refractivity contribution is 5.82. The molecule has 2 fully saturated rings. The molecule has 1 saturated heterocycles. The van der Waals surface area contributed by atoms with Gasteiger partial charge in [0.1, 0.15) is 0 Å². The third-order valence-electron chi connectivity index (χ3n) is 4.12. The second kappa shape index (κ2) is 5.83. The lowest BCUT2D eigenvalue weighted by atomic mass is 10.0. The van der Waals surface area contributed by atoms with E-state index in [4.69, 9.17) is 0 Å². The van der Waals surface area contributed by atoms with E-state index >= 15 is 0 Å². The molecule has 4 heteroatoms. The molecule has 1 saturated carbocycles. The van der Waals surface area contributed by atoms with Crippen LogP contribution in [0.15, 0.2) is 0 Å². The van der Waals surface area contributed by atoms with E-state index < -0.39 is 0 Å². The summed E-state index contributed by atoms with van der Waals surface area (Å²) in [4.78, 5) is 12.1. The van der Waals surface area contributed by atoms with Crippen molar-refractivity contribution in [2.24, 2.45) is 5.92 Å². The van der Waals surface area contributed by atoms with Crippen molar-refractivity contribution in [2.45, 2.75) is 63.6 Å². The quantitative estimate of drug-likeness (QED) is 0.626. The molecule has 0 aromatic rings. The molecule has 4 atom stereocenters. The minimum Gasteiger partial charge on any atom is -0.391 e. The summed E-state index contributed by atoms with van der Waals surface area (Å²) in [7, 11) is 0. The number of nitrogens with one attached hydrogen (secondary N) is 2. The van der Waals surface area contributed by atoms with Gasteiger partial charge in [0.05, 0.1) is 18.2 Å². The van der Waals surface area contributed by atoms with Crippen molar-refractivity contribution in [3.8, 4) is 0 Å². The van der Waals surface area contributed by atoms with Gasteiger partial charge in [-0.1, -0.05) is 26.2 Å². The van der Waals surface area contributed by atoms with Gasteiger partial charge in [-0.15, -0.1) is 0 Å². The van der Waals surface area contributed by atoms with Crippen LogP contribution in [-0.2, 0) is 4.79 Å². The molecule has 0 aromatic heterocycles. The van der Waals surface area contributed by atoms with Crippen molar-refractivity contribution in [2.75, 3.05) is 6.54 Å². The molecule has 0 aromatic carbocycles. The third kappa shape index (κ3) is 3.19. The van der Waals surface area contributed by atoms with Gasteiger partial charge in [0.15, 0.2) is 0 Å². The average molecular weight is 240 g/mol. The molecule has 0 radical (unpaired) electrons. The van der Waals surface area contributed by atoms with Gasteiger partial charge in [-0.3, -0.25) is 4.79 Å². The second-order valence-corrected chi connectivity index (χ2v) is 5.52. The van der Waals surface area contributed by atoms with E-state index in [-0.39, 0.29) is 24.1 Å². The fraction of sp³-hybridized carbons (Fsp3) is 0.923. The van der Waals surface area contributed by atoms with Gasteiger partial charge in [0.25, 0.3) is 0 Å². The maximum Gasteiger partial charge on any atom is 0.237 e. The van der Waals surface area contributed by atoms with Crippen LogP contribution in [0.4, 0.5) is 0 Å². The van der Waals surface area contributed by atoms with Gasteiger partial charge in [-0.25, -0.2) is 0 Å². The van der Waals surface area contributed by atoms with Crippen molar-refractivity contribution in [1.82, 2.24) is 10.6 Å². The Hall–Kier alpha value is -0.610. The zero-order valence-corrected chi connectivity index (χ0v) is 10.6. The number of aliphatic hydroxyl groups excluding tert-OH is 1. The first-order valence-corrected chi connectivity index (χ1v) is 6.90. The Morgan fingerprint density at radius 3 is 2.71 bits per heavy atom. The first kappa shape index (κ1) is 12.8. The van der Waals surface area contributed by atoms with E-state index in [1.54, 1.807) is 0 Å². The Labute approximate surface area is 103 Å². The average Bonchev–Trinajstić information content (AvgIpc) is 2.63. The van der Waals surface area contributed by atoms with Crippen molar-refractivity contribution in [3.05, 3.63) is 0 Å². The lowest BCUT2D eigenvalue weighted by Crippen LogP contribution is -2.50. The zero-order valence-electron chi connectivity index (χ0n) is 10.6. The molecular weight excluding hydrogens is 216 g/mol. The fourth-order valence-electron chi connectivity index (χ4n) is 2.91. The Balaban J connectivity index is 1.88. The third-order valence-corrected chi connectivity index (χ3v) is 4.12. The van der Waals surface area contributed by atoms with Gasteiger partial charge >= 0.3 is 0 Å². The highest BCUT2D eigenvalue weighted by Crippen LogP contribution is 2.19. The number of carbonyl (C=O) groups is 1. The number of hydrogen-bond acceptors (Lipinski definition) is 3. The summed E-state index contributed by atoms with van der Waals surface area (Å²) in [5.74, 6) is 0.471. The lowest BCUT2D eigenvalue weighted by Gasteiger charge is -2.24. The van der Waals surface area contributed by atoms with E-state index in [2.05, 4.69) is 17.6 Å². The molecule has 1 amide bonds. The van der Waals surface area contributed by atoms with Crippen LogP contribution in [-0.4, -0.2) is 35.7 Å². The molecule has 2 aliphatic rings. The van der Waals surface area contributed by atoms with Crippen molar-refractivity contribution in [1.29, 1.82) is 0 Å². The predicted octanol–water partition coefficient (Wildman–Crippen LogP) is 0.794. The van der Waals surface area contributed by atoms with Crippen LogP contribution in [0.25, 0.3) is 0 Å². The predicted molar refractivity (Wildman–Crippen MR) is 66.6 cm³/mol. The van der Waals surface area contributed by atoms with Crippen molar-refractivity contribution < 1.29 is 9.90 Å². The summed E-state index contributed by atoms with van der Waals surface area (Å²) in [6.45, 7) is 3.03. The SMILES string of the molecule is CC1CCNC1C(=O)NC1CCCCCC1O. The number of aliphatic hydroxyl groups is 1. The number of hydrogen-bond donors (Lipinski definition) is 3. The summed E-state index contributed by atoms with van der Waals surface area (Å²) in [6, 6.07) is -0.106. The number of amides is 1. The van der Waals surface area contributed by atoms with Crippen LogP contribution < -0.4 is 10.6 Å². The summed E-state index contributed by atoms with van der Waals surface area (Å²) in [6.07, 6.45) is 5.78. The van der Waals surface area contributed by atoms with Gasteiger partial charge in [0.2, 0.25) is 5.91 Å². The molecule has 4 unspecified atom stereocenters. The molecule has 2 rings (SSSR count). The van der Waals surface area contributed by atoms with E-state index in [0.717, 1.165) is 38.6 Å². The van der Waals surface area contributed by atoms with Crippen LogP contribution in [0.3, 0.4) is 0 Å². The molecule has 3 N–H and O–H groups in total. The van der Waals surface area contributed by atoms with Crippen LogP contribution in [0.1, 0.15) is 45.4 Å². The Kier molecular flexibility index (Phi) is 4.40. The molecular formula is C13H24N2O2. The lowest BCUT2D eigenvalue weighted by molar-refractivity contribution is -0.125. The van der Waals surface area contributed by atoms with Gasteiger partial charge in [-0.05, 0) is 31.7 Å². The monoisotopic (exact) mass is 240 g/mol. The van der Waals surface area contributed by atoms with E-state index in [9.17, 15) is 9.90 Å². The molecule has 1 aliphatic heterocycles. The largest absolute Gasteiger partial charge is 0.391 e. The van der Waals surface area contributed by atoms with E-state index in [1.807, 2.05) is 0 Å². The standard InChI is InChI=1S/C13H24N2O2/c1-9-7-8-14-12(9)13(17)15-10-5-3-2-4-6-11(10)16/h9-12,14,16H,2-8H2,1H3,(H,15,17). The van der Waals surface area contributed by atoms with Crippen molar-refractivity contribution >= 4 is 5.91 Å². The highest BCUT2D eigenvalue weighted by atomic mass is 16.3. The molecule has 0 bridgehead atoms. The zero-order chi connectivity index (χ0) is 12.3. The summed E-state index contributed by atoms with van der Waals surface area (Å²) in [5.41, 5.74) is 0. The molecule has 98 valence electrons. The minimum absolute atomic E-state index is 0.0420. The van der Waals surface area contributed by atoms with Gasteiger partial charge < -0.3 is 15.7 Å². The molecule has 4 nitrogen and oxygen atoms in total. The molecule has 1 aliphatic carbocycles. The van der Waals surface area contributed by atoms with Crippen LogP contribution in [0, 0.1) is 5.92 Å². The van der Waals surface area contributed by atoms with E-state index in [1.165, 1.54) is 6.42 Å². The van der Waals surface area contributed by atoms with Gasteiger partial charge in [0, 0.05) is 0 Å². The fourth-order valence-corrected chi connectivity index (χ4v) is 2.91. The first-order chi connectivity index (χ1) is 8.18. The maximum absolute atomic E-state index is 12.1. The normalized spacial score (nSPS) is 38.7. The van der Waals surface area contributed by atoms with Crippen LogP contribution in [0.2, 0.25) is 0 Å². The van der Waals surface area contributed by atoms with E-state index in [0.29, 0.717) is 5.92 Å². The van der Waals surface area contributed by atoms with Crippen LogP contribution in [0.5, 0.6) is 0 Å². The number of rotatable bonds is 2.